The lowest BCUT2D eigenvalue weighted by Crippen LogP contribution is -2.41. The average Bonchev–Trinajstić information content (AvgIpc) is 2.83. The van der Waals surface area contributed by atoms with E-state index in [4.69, 9.17) is 14.3 Å². The van der Waals surface area contributed by atoms with Crippen molar-refractivity contribution in [2.75, 3.05) is 37.9 Å². The number of carbonyl (C=O) groups is 2. The van der Waals surface area contributed by atoms with Crippen LogP contribution in [0.4, 0.5) is 16.2 Å². The highest BCUT2D eigenvalue weighted by atomic mass is 16.6. The molecule has 2 aromatic rings. The van der Waals surface area contributed by atoms with E-state index in [1.54, 1.807) is 37.1 Å². The maximum Gasteiger partial charge on any atom is 0.321 e. The van der Waals surface area contributed by atoms with Crippen LogP contribution < -0.4 is 20.1 Å². The molecule has 32 heavy (non-hydrogen) atoms. The van der Waals surface area contributed by atoms with Gasteiger partial charge in [0.2, 0.25) is 6.10 Å². The second-order valence-corrected chi connectivity index (χ2v) is 7.25. The normalized spacial score (nSPS) is 14.2. The van der Waals surface area contributed by atoms with Crippen molar-refractivity contribution in [1.82, 2.24) is 4.90 Å². The van der Waals surface area contributed by atoms with E-state index < -0.39 is 6.10 Å². The second-order valence-electron chi connectivity index (χ2n) is 7.25. The number of amides is 3. The van der Waals surface area contributed by atoms with Gasteiger partial charge in [-0.1, -0.05) is 23.4 Å². The Kier molecular flexibility index (Phi) is 7.91. The van der Waals surface area contributed by atoms with Crippen molar-refractivity contribution in [3.8, 4) is 11.5 Å². The lowest BCUT2D eigenvalue weighted by atomic mass is 10.1. The highest BCUT2D eigenvalue weighted by Gasteiger charge is 2.21. The lowest BCUT2D eigenvalue weighted by molar-refractivity contribution is -0.126. The van der Waals surface area contributed by atoms with Crippen molar-refractivity contribution in [3.05, 3.63) is 48.5 Å². The number of para-hydroxylation sites is 1. The van der Waals surface area contributed by atoms with Crippen molar-refractivity contribution in [3.63, 3.8) is 0 Å². The van der Waals surface area contributed by atoms with E-state index >= 15 is 0 Å². The van der Waals surface area contributed by atoms with Gasteiger partial charge in [0.1, 0.15) is 0 Å². The van der Waals surface area contributed by atoms with Gasteiger partial charge in [0.15, 0.2) is 11.5 Å². The number of piperidine rings is 1. The quantitative estimate of drug-likeness (QED) is 0.639. The number of hydrogen-bond donors (Lipinski definition) is 2. The van der Waals surface area contributed by atoms with Crippen LogP contribution in [0.3, 0.4) is 0 Å². The summed E-state index contributed by atoms with van der Waals surface area (Å²) >= 11 is 0. The molecule has 1 aliphatic heterocycles. The van der Waals surface area contributed by atoms with Crippen molar-refractivity contribution < 1.29 is 23.9 Å². The molecule has 1 unspecified atom stereocenters. The molecule has 2 N–H and O–H groups in total. The molecule has 3 rings (SSSR count). The Hall–Kier alpha value is -3.75. The average molecular weight is 441 g/mol. The molecule has 1 fully saturated rings. The topological polar surface area (TPSA) is 101 Å². The number of hydrogen-bond acceptors (Lipinski definition) is 6. The molecule has 0 saturated carbocycles. The molecule has 2 aromatic carbocycles. The number of urea groups is 1. The van der Waals surface area contributed by atoms with Crippen molar-refractivity contribution >= 4 is 29.0 Å². The number of benzene rings is 2. The molecule has 9 heteroatoms. The Morgan fingerprint density at radius 1 is 0.938 bits per heavy atom. The van der Waals surface area contributed by atoms with Gasteiger partial charge in [-0.05, 0) is 31.2 Å². The van der Waals surface area contributed by atoms with Gasteiger partial charge in [0.05, 0.1) is 19.9 Å². The first-order chi connectivity index (χ1) is 15.5. The summed E-state index contributed by atoms with van der Waals surface area (Å²) in [4.78, 5) is 31.9. The van der Waals surface area contributed by atoms with Crippen molar-refractivity contribution in [1.29, 1.82) is 0 Å². The first kappa shape index (κ1) is 22.9. The summed E-state index contributed by atoms with van der Waals surface area (Å²) in [6, 6.07) is 14.3. The zero-order chi connectivity index (χ0) is 22.9. The Bertz CT molecular complexity index is 954. The highest BCUT2D eigenvalue weighted by molar-refractivity contribution is 5.94. The maximum atomic E-state index is 12.4. The molecular weight excluding hydrogens is 412 g/mol. The van der Waals surface area contributed by atoms with E-state index in [1.165, 1.54) is 7.11 Å². The van der Waals surface area contributed by atoms with Crippen LogP contribution in [0, 0.1) is 0 Å². The summed E-state index contributed by atoms with van der Waals surface area (Å²) in [6.45, 7) is 2.70. The van der Waals surface area contributed by atoms with Crippen molar-refractivity contribution in [2.45, 2.75) is 25.9 Å². The minimum absolute atomic E-state index is 0.140. The zero-order valence-corrected chi connectivity index (χ0v) is 18.5. The summed E-state index contributed by atoms with van der Waals surface area (Å²) in [5.74, 6) is 0.758. The molecule has 0 aromatic heterocycles. The van der Waals surface area contributed by atoms with E-state index in [1.807, 2.05) is 30.3 Å². The van der Waals surface area contributed by atoms with Crippen LogP contribution in [-0.4, -0.2) is 56.0 Å². The summed E-state index contributed by atoms with van der Waals surface area (Å²) in [7, 11) is 3.08. The number of nitrogens with one attached hydrogen (secondary N) is 2. The Morgan fingerprint density at radius 2 is 1.62 bits per heavy atom. The molecule has 3 amide bonds. The molecule has 0 spiro atoms. The van der Waals surface area contributed by atoms with E-state index in [2.05, 4.69) is 15.8 Å². The molecule has 9 nitrogen and oxygen atoms in total. The highest BCUT2D eigenvalue weighted by Crippen LogP contribution is 2.29. The standard InChI is InChI=1S/C23H28N4O5/c1-16(22(28)24-19-9-10-20(30-2)21(15-19)31-3)32-26-18-11-13-27(14-12-18)23(29)25-17-7-5-4-6-8-17/h4-10,15-16H,11-14H2,1-3H3,(H,24,28)(H,25,29). The fourth-order valence-electron chi connectivity index (χ4n) is 3.14. The lowest BCUT2D eigenvalue weighted by Gasteiger charge is -2.27. The van der Waals surface area contributed by atoms with E-state index in [0.717, 1.165) is 11.4 Å². The number of carbonyl (C=O) groups excluding carboxylic acids is 2. The molecule has 1 atom stereocenters. The number of nitrogens with zero attached hydrogens (tertiary/aromatic N) is 2. The molecule has 0 aliphatic carbocycles. The van der Waals surface area contributed by atoms with Gasteiger partial charge in [-0.15, -0.1) is 0 Å². The predicted octanol–water partition coefficient (Wildman–Crippen LogP) is 3.73. The van der Waals surface area contributed by atoms with Crippen LogP contribution >= 0.6 is 0 Å². The van der Waals surface area contributed by atoms with E-state index in [9.17, 15) is 9.59 Å². The smallest absolute Gasteiger partial charge is 0.321 e. The summed E-state index contributed by atoms with van der Waals surface area (Å²) in [6.07, 6.45) is 0.397. The van der Waals surface area contributed by atoms with Crippen LogP contribution in [0.2, 0.25) is 0 Å². The van der Waals surface area contributed by atoms with Gasteiger partial charge < -0.3 is 29.8 Å². The van der Waals surface area contributed by atoms with E-state index in [-0.39, 0.29) is 11.9 Å². The van der Waals surface area contributed by atoms with E-state index in [0.29, 0.717) is 43.1 Å². The second kappa shape index (κ2) is 11.0. The van der Waals surface area contributed by atoms with Crippen molar-refractivity contribution in [2.24, 2.45) is 5.16 Å². The molecule has 0 bridgehead atoms. The molecular formula is C23H28N4O5. The van der Waals surface area contributed by atoms with Crippen LogP contribution in [0.5, 0.6) is 11.5 Å². The minimum atomic E-state index is -0.782. The summed E-state index contributed by atoms with van der Waals surface area (Å²) < 4.78 is 10.4. The number of methoxy groups -OCH3 is 2. The first-order valence-corrected chi connectivity index (χ1v) is 10.4. The summed E-state index contributed by atoms with van der Waals surface area (Å²) in [5.41, 5.74) is 2.14. The van der Waals surface area contributed by atoms with Crippen LogP contribution in [-0.2, 0) is 9.63 Å². The van der Waals surface area contributed by atoms with Crippen LogP contribution in [0.1, 0.15) is 19.8 Å². The first-order valence-electron chi connectivity index (χ1n) is 10.4. The molecule has 1 aliphatic rings. The fraction of sp³-hybridized carbons (Fsp3) is 0.348. The largest absolute Gasteiger partial charge is 0.493 e. The van der Waals surface area contributed by atoms with Gasteiger partial charge in [-0.25, -0.2) is 4.79 Å². The third kappa shape index (κ3) is 6.13. The molecule has 1 saturated heterocycles. The fourth-order valence-corrected chi connectivity index (χ4v) is 3.14. The van der Waals surface area contributed by atoms with Gasteiger partial charge in [0, 0.05) is 43.4 Å². The maximum absolute atomic E-state index is 12.4. The predicted molar refractivity (Wildman–Crippen MR) is 122 cm³/mol. The minimum Gasteiger partial charge on any atom is -0.493 e. The molecule has 170 valence electrons. The van der Waals surface area contributed by atoms with Gasteiger partial charge in [0.25, 0.3) is 5.91 Å². The Morgan fingerprint density at radius 3 is 2.28 bits per heavy atom. The Labute approximate surface area is 187 Å². The number of rotatable bonds is 7. The van der Waals surface area contributed by atoms with Gasteiger partial charge >= 0.3 is 6.03 Å². The third-order valence-corrected chi connectivity index (χ3v) is 5.01. The Balaban J connectivity index is 1.46. The molecule has 0 radical (unpaired) electrons. The molecule has 1 heterocycles. The van der Waals surface area contributed by atoms with Crippen LogP contribution in [0.25, 0.3) is 0 Å². The monoisotopic (exact) mass is 440 g/mol. The number of oxime groups is 1. The number of likely N-dealkylation sites (tertiary alicyclic amines) is 1. The SMILES string of the molecule is COc1ccc(NC(=O)C(C)ON=C2CCN(C(=O)Nc3ccccc3)CC2)cc1OC. The summed E-state index contributed by atoms with van der Waals surface area (Å²) in [5, 5.41) is 9.78. The number of anilines is 2. The number of ether oxygens (including phenoxy) is 2. The van der Waals surface area contributed by atoms with Gasteiger partial charge in [-0.3, -0.25) is 4.79 Å². The van der Waals surface area contributed by atoms with Gasteiger partial charge in [-0.2, -0.15) is 0 Å². The third-order valence-electron chi connectivity index (χ3n) is 5.01. The van der Waals surface area contributed by atoms with Crippen LogP contribution in [0.15, 0.2) is 53.7 Å². The zero-order valence-electron chi connectivity index (χ0n) is 18.5.